The van der Waals surface area contributed by atoms with Crippen LogP contribution in [0.4, 0.5) is 0 Å². The van der Waals surface area contributed by atoms with Crippen LogP contribution in [0.15, 0.2) is 48.8 Å². The van der Waals surface area contributed by atoms with E-state index in [0.29, 0.717) is 0 Å². The van der Waals surface area contributed by atoms with Crippen molar-refractivity contribution in [3.05, 3.63) is 48.8 Å². The van der Waals surface area contributed by atoms with Crippen molar-refractivity contribution in [3.63, 3.8) is 0 Å². The normalized spacial score (nSPS) is 11.4. The Morgan fingerprint density at radius 2 is 1.60 bits per heavy atom. The molecule has 0 bridgehead atoms. The Labute approximate surface area is 114 Å². The lowest BCUT2D eigenvalue weighted by Gasteiger charge is -2.06. The van der Waals surface area contributed by atoms with Gasteiger partial charge in [0.25, 0.3) is 0 Å². The van der Waals surface area contributed by atoms with E-state index in [1.54, 1.807) is 18.2 Å². The highest BCUT2D eigenvalue weighted by Crippen LogP contribution is 2.40. The highest BCUT2D eigenvalue weighted by molar-refractivity contribution is 6.06. The average Bonchev–Trinajstić information content (AvgIpc) is 3.05. The summed E-state index contributed by atoms with van der Waals surface area (Å²) in [6.07, 6.45) is 3.70. The van der Waals surface area contributed by atoms with Gasteiger partial charge in [0.15, 0.2) is 0 Å². The van der Waals surface area contributed by atoms with Crippen molar-refractivity contribution in [2.24, 2.45) is 0 Å². The molecule has 98 valence electrons. The molecule has 4 nitrogen and oxygen atoms in total. The molecule has 0 amide bonds. The molecule has 4 N–H and O–H groups in total. The van der Waals surface area contributed by atoms with Crippen molar-refractivity contribution in [1.29, 1.82) is 0 Å². The molecule has 4 heteroatoms. The third kappa shape index (κ3) is 1.42. The number of fused-ring (bicyclic) bond motifs is 2. The molecule has 4 aromatic rings. The lowest BCUT2D eigenvalue weighted by molar-refractivity contribution is 0.475. The van der Waals surface area contributed by atoms with Gasteiger partial charge in [0.2, 0.25) is 0 Å². The van der Waals surface area contributed by atoms with E-state index in [2.05, 4.69) is 9.97 Å². The molecular formula is C16H12N2O2. The SMILES string of the molecule is Oc1ccc2[nH]cc(-c3c(O)ccc4[nH]ccc34)c2c1. The molecule has 0 spiro atoms. The van der Waals surface area contributed by atoms with Gasteiger partial charge in [-0.25, -0.2) is 0 Å². The number of aromatic nitrogens is 2. The van der Waals surface area contributed by atoms with E-state index < -0.39 is 0 Å². The number of rotatable bonds is 1. The Kier molecular flexibility index (Phi) is 2.09. The van der Waals surface area contributed by atoms with Gasteiger partial charge in [-0.05, 0) is 36.4 Å². The number of phenolic OH excluding ortho intramolecular Hbond substituents is 2. The van der Waals surface area contributed by atoms with Crippen LogP contribution in [-0.2, 0) is 0 Å². The van der Waals surface area contributed by atoms with Crippen molar-refractivity contribution in [3.8, 4) is 22.6 Å². The predicted octanol–water partition coefficient (Wildman–Crippen LogP) is 3.73. The first-order valence-electron chi connectivity index (χ1n) is 6.33. The molecule has 0 fully saturated rings. The summed E-state index contributed by atoms with van der Waals surface area (Å²) in [5.41, 5.74) is 3.52. The van der Waals surface area contributed by atoms with Crippen molar-refractivity contribution in [2.75, 3.05) is 0 Å². The Bertz CT molecular complexity index is 934. The molecule has 0 aliphatic carbocycles. The van der Waals surface area contributed by atoms with Crippen LogP contribution in [0.1, 0.15) is 0 Å². The summed E-state index contributed by atoms with van der Waals surface area (Å²) in [6, 6.07) is 10.6. The van der Waals surface area contributed by atoms with E-state index in [-0.39, 0.29) is 11.5 Å². The van der Waals surface area contributed by atoms with E-state index in [0.717, 1.165) is 32.9 Å². The minimum Gasteiger partial charge on any atom is -0.508 e. The van der Waals surface area contributed by atoms with Gasteiger partial charge in [0.1, 0.15) is 11.5 Å². The fourth-order valence-corrected chi connectivity index (χ4v) is 2.72. The molecule has 2 aromatic heterocycles. The second-order valence-corrected chi connectivity index (χ2v) is 4.83. The minimum absolute atomic E-state index is 0.207. The van der Waals surface area contributed by atoms with Crippen molar-refractivity contribution in [2.45, 2.75) is 0 Å². The largest absolute Gasteiger partial charge is 0.508 e. The second kappa shape index (κ2) is 3.81. The van der Waals surface area contributed by atoms with Crippen LogP contribution >= 0.6 is 0 Å². The number of aromatic amines is 2. The van der Waals surface area contributed by atoms with Crippen LogP contribution in [0.25, 0.3) is 32.9 Å². The van der Waals surface area contributed by atoms with E-state index in [1.165, 1.54) is 0 Å². The summed E-state index contributed by atoms with van der Waals surface area (Å²) in [4.78, 5) is 6.30. The molecule has 2 heterocycles. The summed E-state index contributed by atoms with van der Waals surface area (Å²) in [6.45, 7) is 0. The van der Waals surface area contributed by atoms with Crippen LogP contribution in [0.3, 0.4) is 0 Å². The highest BCUT2D eigenvalue weighted by atomic mass is 16.3. The van der Waals surface area contributed by atoms with Gasteiger partial charge >= 0.3 is 0 Å². The van der Waals surface area contributed by atoms with Crippen molar-refractivity contribution >= 4 is 21.8 Å². The Morgan fingerprint density at radius 1 is 0.800 bits per heavy atom. The maximum atomic E-state index is 10.2. The Hall–Kier alpha value is -2.88. The predicted molar refractivity (Wildman–Crippen MR) is 78.9 cm³/mol. The van der Waals surface area contributed by atoms with Crippen LogP contribution in [-0.4, -0.2) is 20.2 Å². The van der Waals surface area contributed by atoms with Crippen molar-refractivity contribution in [1.82, 2.24) is 9.97 Å². The zero-order valence-corrected chi connectivity index (χ0v) is 10.5. The fraction of sp³-hybridized carbons (Fsp3) is 0. The second-order valence-electron chi connectivity index (χ2n) is 4.83. The zero-order valence-electron chi connectivity index (χ0n) is 10.5. The number of benzene rings is 2. The van der Waals surface area contributed by atoms with Gasteiger partial charge in [-0.3, -0.25) is 0 Å². The maximum absolute atomic E-state index is 10.2. The molecule has 0 saturated carbocycles. The van der Waals surface area contributed by atoms with Gasteiger partial charge in [-0.2, -0.15) is 0 Å². The van der Waals surface area contributed by atoms with E-state index in [4.69, 9.17) is 0 Å². The summed E-state index contributed by atoms with van der Waals surface area (Å²) in [7, 11) is 0. The van der Waals surface area contributed by atoms with Gasteiger partial charge in [-0.1, -0.05) is 0 Å². The monoisotopic (exact) mass is 264 g/mol. The average molecular weight is 264 g/mol. The topological polar surface area (TPSA) is 72.0 Å². The lowest BCUT2D eigenvalue weighted by atomic mass is 10.00. The lowest BCUT2D eigenvalue weighted by Crippen LogP contribution is -1.80. The molecule has 0 aliphatic rings. The van der Waals surface area contributed by atoms with Crippen LogP contribution in [0.2, 0.25) is 0 Å². The first kappa shape index (κ1) is 11.0. The van der Waals surface area contributed by atoms with Gasteiger partial charge in [-0.15, -0.1) is 0 Å². The molecule has 0 aliphatic heterocycles. The molecular weight excluding hydrogens is 252 g/mol. The maximum Gasteiger partial charge on any atom is 0.124 e. The molecule has 0 radical (unpaired) electrons. The molecule has 0 atom stereocenters. The third-order valence-electron chi connectivity index (χ3n) is 3.65. The molecule has 0 unspecified atom stereocenters. The van der Waals surface area contributed by atoms with Gasteiger partial charge in [0.05, 0.1) is 0 Å². The zero-order chi connectivity index (χ0) is 13.7. The van der Waals surface area contributed by atoms with E-state index in [1.807, 2.05) is 30.6 Å². The molecule has 20 heavy (non-hydrogen) atoms. The van der Waals surface area contributed by atoms with Crippen LogP contribution < -0.4 is 0 Å². The first-order chi connectivity index (χ1) is 9.74. The number of hydrogen-bond donors (Lipinski definition) is 4. The van der Waals surface area contributed by atoms with E-state index >= 15 is 0 Å². The summed E-state index contributed by atoms with van der Waals surface area (Å²) < 4.78 is 0. The molecule has 0 saturated heterocycles. The molecule has 4 rings (SSSR count). The van der Waals surface area contributed by atoms with Gasteiger partial charge < -0.3 is 20.2 Å². The first-order valence-corrected chi connectivity index (χ1v) is 6.33. The van der Waals surface area contributed by atoms with Crippen molar-refractivity contribution < 1.29 is 10.2 Å². The number of hydrogen-bond acceptors (Lipinski definition) is 2. The van der Waals surface area contributed by atoms with Gasteiger partial charge in [0, 0.05) is 45.3 Å². The minimum atomic E-state index is 0.207. The highest BCUT2D eigenvalue weighted by Gasteiger charge is 2.14. The number of phenols is 2. The Balaban J connectivity index is 2.13. The molecule has 2 aromatic carbocycles. The van der Waals surface area contributed by atoms with E-state index in [9.17, 15) is 10.2 Å². The number of nitrogens with one attached hydrogen (secondary N) is 2. The fourth-order valence-electron chi connectivity index (χ4n) is 2.72. The summed E-state index contributed by atoms with van der Waals surface area (Å²) >= 11 is 0. The van der Waals surface area contributed by atoms with Crippen LogP contribution in [0.5, 0.6) is 11.5 Å². The summed E-state index contributed by atoms with van der Waals surface area (Å²) in [5, 5.41) is 21.8. The van der Waals surface area contributed by atoms with Crippen LogP contribution in [0, 0.1) is 0 Å². The summed E-state index contributed by atoms with van der Waals surface area (Å²) in [5.74, 6) is 0.431. The standard InChI is InChI=1S/C16H12N2O2/c19-9-1-2-14-11(7-9)12(8-18-14)16-10-5-6-17-13(10)3-4-15(16)20/h1-8,17-20H. The Morgan fingerprint density at radius 3 is 2.50 bits per heavy atom. The third-order valence-corrected chi connectivity index (χ3v) is 3.65. The number of H-pyrrole nitrogens is 2. The number of aromatic hydroxyl groups is 2. The smallest absolute Gasteiger partial charge is 0.124 e. The quantitative estimate of drug-likeness (QED) is 0.423.